The third-order valence-corrected chi connectivity index (χ3v) is 2.33. The lowest BCUT2D eigenvalue weighted by Crippen LogP contribution is -2.33. The molecule has 0 aliphatic carbocycles. The Morgan fingerprint density at radius 3 is 2.11 bits per heavy atom. The lowest BCUT2D eigenvalue weighted by atomic mass is 10.2. The second-order valence-electron chi connectivity index (χ2n) is 3.80. The van der Waals surface area contributed by atoms with Crippen LogP contribution in [0.5, 0.6) is 0 Å². The average Bonchev–Trinajstić information content (AvgIpc) is 2.30. The number of aliphatic imine (C=N–C) groups is 1. The highest BCUT2D eigenvalue weighted by Gasteiger charge is 2.13. The Morgan fingerprint density at radius 2 is 1.68 bits per heavy atom. The van der Waals surface area contributed by atoms with E-state index in [0.29, 0.717) is 5.69 Å². The normalized spacial score (nSPS) is 9.95. The molecule has 0 amide bonds. The number of thiocarbonyl (C=S) groups is 1. The summed E-state index contributed by atoms with van der Waals surface area (Å²) in [5.74, 6) is -2.13. The lowest BCUT2D eigenvalue weighted by molar-refractivity contribution is -0.142. The summed E-state index contributed by atoms with van der Waals surface area (Å²) in [7, 11) is 0. The molecule has 0 unspecified atom stereocenters. The zero-order valence-electron chi connectivity index (χ0n) is 9.94. The first-order valence-corrected chi connectivity index (χ1v) is 5.75. The van der Waals surface area contributed by atoms with E-state index in [1.807, 2.05) is 0 Å². The summed E-state index contributed by atoms with van der Waals surface area (Å²) in [5.41, 5.74) is 1.44. The Balaban J connectivity index is 2.74. The minimum Gasteiger partial charge on any atom is -0.480 e. The van der Waals surface area contributed by atoms with Crippen molar-refractivity contribution in [3.05, 3.63) is 29.8 Å². The van der Waals surface area contributed by atoms with Crippen molar-refractivity contribution in [2.24, 2.45) is 4.99 Å². The van der Waals surface area contributed by atoms with Gasteiger partial charge in [-0.2, -0.15) is 4.99 Å². The van der Waals surface area contributed by atoms with Gasteiger partial charge in [-0.05, 0) is 29.9 Å². The summed E-state index contributed by atoms with van der Waals surface area (Å²) in [6, 6.07) is 6.88. The quantitative estimate of drug-likeness (QED) is 0.579. The maximum absolute atomic E-state index is 10.7. The Morgan fingerprint density at radius 1 is 1.16 bits per heavy atom. The van der Waals surface area contributed by atoms with Gasteiger partial charge in [-0.25, -0.2) is 0 Å². The molecule has 0 fully saturated rings. The highest BCUT2D eigenvalue weighted by molar-refractivity contribution is 7.78. The largest absolute Gasteiger partial charge is 0.480 e. The van der Waals surface area contributed by atoms with E-state index in [1.165, 1.54) is 4.90 Å². The molecular formula is C12H12N2O4S. The van der Waals surface area contributed by atoms with Crippen LogP contribution >= 0.6 is 12.2 Å². The SMILES string of the molecule is O=C(O)CN(CC(=O)O)Cc1ccc(N=C=S)cc1. The van der Waals surface area contributed by atoms with Crippen LogP contribution in [0.25, 0.3) is 0 Å². The van der Waals surface area contributed by atoms with Crippen molar-refractivity contribution in [2.45, 2.75) is 6.54 Å². The number of carbonyl (C=O) groups is 2. The number of carboxylic acid groups (broad SMARTS) is 2. The maximum atomic E-state index is 10.7. The van der Waals surface area contributed by atoms with E-state index in [2.05, 4.69) is 22.4 Å². The number of aliphatic carboxylic acids is 2. The second kappa shape index (κ2) is 7.38. The molecule has 100 valence electrons. The molecule has 1 rings (SSSR count). The monoisotopic (exact) mass is 280 g/mol. The number of hydrogen-bond acceptors (Lipinski definition) is 5. The van der Waals surface area contributed by atoms with Crippen molar-refractivity contribution in [3.63, 3.8) is 0 Å². The van der Waals surface area contributed by atoms with Gasteiger partial charge in [-0.3, -0.25) is 14.5 Å². The van der Waals surface area contributed by atoms with E-state index in [4.69, 9.17) is 10.2 Å². The summed E-state index contributed by atoms with van der Waals surface area (Å²) in [6.07, 6.45) is 0. The molecule has 0 spiro atoms. The Hall–Kier alpha value is -2.08. The lowest BCUT2D eigenvalue weighted by Gasteiger charge is -2.17. The number of hydrogen-bond donors (Lipinski definition) is 2. The average molecular weight is 280 g/mol. The summed E-state index contributed by atoms with van der Waals surface area (Å²) in [4.78, 5) is 26.4. The zero-order valence-corrected chi connectivity index (χ0v) is 10.8. The van der Waals surface area contributed by atoms with Crippen molar-refractivity contribution in [3.8, 4) is 0 Å². The first-order chi connectivity index (χ1) is 9.01. The standard InChI is InChI=1S/C12H12N2O4S/c15-11(16)6-14(7-12(17)18)5-9-1-3-10(4-2-9)13-8-19/h1-4H,5-7H2,(H,15,16)(H,17,18). The van der Waals surface area contributed by atoms with E-state index < -0.39 is 11.9 Å². The zero-order chi connectivity index (χ0) is 14.3. The number of isothiocyanates is 1. The van der Waals surface area contributed by atoms with Crippen molar-refractivity contribution < 1.29 is 19.8 Å². The van der Waals surface area contributed by atoms with Gasteiger partial charge in [0, 0.05) is 6.54 Å². The van der Waals surface area contributed by atoms with Gasteiger partial charge in [0.1, 0.15) is 0 Å². The summed E-state index contributed by atoms with van der Waals surface area (Å²) >= 11 is 4.48. The van der Waals surface area contributed by atoms with Crippen LogP contribution in [0.4, 0.5) is 5.69 Å². The van der Waals surface area contributed by atoms with Crippen LogP contribution < -0.4 is 0 Å². The Kier molecular flexibility index (Phi) is 5.81. The van der Waals surface area contributed by atoms with Gasteiger partial charge < -0.3 is 10.2 Å². The molecule has 0 aliphatic rings. The summed E-state index contributed by atoms with van der Waals surface area (Å²) in [6.45, 7) is -0.418. The second-order valence-corrected chi connectivity index (χ2v) is 3.98. The molecule has 0 radical (unpaired) electrons. The Bertz CT molecular complexity index is 493. The van der Waals surface area contributed by atoms with Crippen LogP contribution in [0, 0.1) is 0 Å². The van der Waals surface area contributed by atoms with Gasteiger partial charge in [-0.15, -0.1) is 0 Å². The molecule has 0 aromatic heterocycles. The van der Waals surface area contributed by atoms with Crippen LogP contribution in [-0.4, -0.2) is 45.3 Å². The predicted molar refractivity (Wildman–Crippen MR) is 71.7 cm³/mol. The molecule has 0 bridgehead atoms. The van der Waals surface area contributed by atoms with E-state index in [9.17, 15) is 9.59 Å². The third-order valence-electron chi connectivity index (χ3n) is 2.23. The van der Waals surface area contributed by atoms with Crippen molar-refractivity contribution in [2.75, 3.05) is 13.1 Å². The van der Waals surface area contributed by atoms with E-state index in [-0.39, 0.29) is 19.6 Å². The van der Waals surface area contributed by atoms with Gasteiger partial charge in [0.05, 0.1) is 23.9 Å². The van der Waals surface area contributed by atoms with Crippen molar-refractivity contribution in [1.82, 2.24) is 4.90 Å². The van der Waals surface area contributed by atoms with Crippen molar-refractivity contribution >= 4 is 35.0 Å². The highest BCUT2D eigenvalue weighted by atomic mass is 32.1. The van der Waals surface area contributed by atoms with Gasteiger partial charge in [-0.1, -0.05) is 12.1 Å². The van der Waals surface area contributed by atoms with E-state index >= 15 is 0 Å². The van der Waals surface area contributed by atoms with Crippen LogP contribution in [0.3, 0.4) is 0 Å². The molecule has 2 N–H and O–H groups in total. The molecule has 6 nitrogen and oxygen atoms in total. The topological polar surface area (TPSA) is 90.2 Å². The Labute approximate surface area is 115 Å². The minimum absolute atomic E-state index is 0.236. The van der Waals surface area contributed by atoms with Gasteiger partial charge in [0.15, 0.2) is 0 Å². The highest BCUT2D eigenvalue weighted by Crippen LogP contribution is 2.13. The minimum atomic E-state index is -1.07. The molecule has 7 heteroatoms. The first-order valence-electron chi connectivity index (χ1n) is 5.34. The number of nitrogens with zero attached hydrogens (tertiary/aromatic N) is 2. The van der Waals surface area contributed by atoms with Crippen LogP contribution in [-0.2, 0) is 16.1 Å². The number of rotatable bonds is 7. The molecule has 1 aromatic rings. The molecule has 0 heterocycles. The fourth-order valence-corrected chi connectivity index (χ4v) is 1.64. The van der Waals surface area contributed by atoms with Gasteiger partial charge >= 0.3 is 11.9 Å². The molecular weight excluding hydrogens is 268 g/mol. The van der Waals surface area contributed by atoms with Gasteiger partial charge in [0.25, 0.3) is 0 Å². The fraction of sp³-hybridized carbons (Fsp3) is 0.250. The van der Waals surface area contributed by atoms with Crippen LogP contribution in [0.1, 0.15) is 5.56 Å². The third kappa shape index (κ3) is 5.87. The molecule has 0 atom stereocenters. The maximum Gasteiger partial charge on any atom is 0.317 e. The number of benzene rings is 1. The van der Waals surface area contributed by atoms with Crippen LogP contribution in [0.2, 0.25) is 0 Å². The molecule has 1 aromatic carbocycles. The molecule has 0 saturated carbocycles. The molecule has 19 heavy (non-hydrogen) atoms. The van der Waals surface area contributed by atoms with Crippen LogP contribution in [0.15, 0.2) is 29.3 Å². The van der Waals surface area contributed by atoms with E-state index in [1.54, 1.807) is 24.3 Å². The summed E-state index contributed by atoms with van der Waals surface area (Å²) < 4.78 is 0. The van der Waals surface area contributed by atoms with E-state index in [0.717, 1.165) is 5.56 Å². The van der Waals surface area contributed by atoms with Gasteiger partial charge in [0.2, 0.25) is 0 Å². The smallest absolute Gasteiger partial charge is 0.317 e. The fourth-order valence-electron chi connectivity index (χ4n) is 1.54. The van der Waals surface area contributed by atoms with Crippen molar-refractivity contribution in [1.29, 1.82) is 0 Å². The molecule has 0 aliphatic heterocycles. The first kappa shape index (κ1) is 15.0. The predicted octanol–water partition coefficient (Wildman–Crippen LogP) is 1.39. The number of carboxylic acids is 2. The molecule has 0 saturated heterocycles. The summed E-state index contributed by atoms with van der Waals surface area (Å²) in [5, 5.41) is 19.7.